The summed E-state index contributed by atoms with van der Waals surface area (Å²) in [5.41, 5.74) is 1.64. The number of piperidine rings is 1. The van der Waals surface area contributed by atoms with E-state index in [2.05, 4.69) is 25.5 Å². The molecule has 2 aliphatic heterocycles. The van der Waals surface area contributed by atoms with Crippen LogP contribution in [0.15, 0.2) is 43.1 Å². The van der Waals surface area contributed by atoms with Crippen LogP contribution < -0.4 is 10.2 Å². The number of hydrogen-bond acceptors (Lipinski definition) is 8. The minimum absolute atomic E-state index is 0.0324. The van der Waals surface area contributed by atoms with Crippen LogP contribution in [0.4, 0.5) is 14.7 Å². The molecule has 2 aliphatic rings. The number of aromatic nitrogens is 5. The summed E-state index contributed by atoms with van der Waals surface area (Å²) in [5, 5.41) is 21.9. The van der Waals surface area contributed by atoms with Gasteiger partial charge >= 0.3 is 0 Å². The zero-order chi connectivity index (χ0) is 22.5. The number of methoxy groups -OCH3 is 1. The molecule has 0 aliphatic carbocycles. The number of alkyl halides is 2. The van der Waals surface area contributed by atoms with Gasteiger partial charge in [0.05, 0.1) is 36.4 Å². The minimum atomic E-state index is -2.76. The lowest BCUT2D eigenvalue weighted by molar-refractivity contribution is -0.0139. The van der Waals surface area contributed by atoms with Gasteiger partial charge in [-0.3, -0.25) is 0 Å². The number of ether oxygens (including phenoxy) is 1. The zero-order valence-electron chi connectivity index (χ0n) is 17.6. The first-order chi connectivity index (χ1) is 15.4. The smallest absolute Gasteiger partial charge is 0.264 e. The van der Waals surface area contributed by atoms with Gasteiger partial charge in [0.25, 0.3) is 5.92 Å². The number of benzene rings is 1. The first kappa shape index (κ1) is 20.7. The van der Waals surface area contributed by atoms with Gasteiger partial charge in [-0.05, 0) is 18.6 Å². The van der Waals surface area contributed by atoms with Crippen molar-refractivity contribution in [1.29, 1.82) is 0 Å². The number of rotatable bonds is 5. The molecule has 0 radical (unpaired) electrons. The van der Waals surface area contributed by atoms with Crippen LogP contribution in [0.25, 0.3) is 16.9 Å². The second kappa shape index (κ2) is 7.75. The van der Waals surface area contributed by atoms with E-state index in [1.165, 1.54) is 13.3 Å². The van der Waals surface area contributed by atoms with Gasteiger partial charge in [0.15, 0.2) is 0 Å². The fourth-order valence-electron chi connectivity index (χ4n) is 4.68. The Labute approximate surface area is 183 Å². The van der Waals surface area contributed by atoms with Crippen LogP contribution in [0.1, 0.15) is 12.8 Å². The molecule has 4 atom stereocenters. The summed E-state index contributed by atoms with van der Waals surface area (Å²) in [4.78, 5) is 10.1. The highest BCUT2D eigenvalue weighted by molar-refractivity contribution is 5.68. The van der Waals surface area contributed by atoms with E-state index in [1.807, 2.05) is 6.07 Å². The number of phenolic OH excluding ortho intramolecular Hbond substituents is 1. The third-order valence-electron chi connectivity index (χ3n) is 6.36. The molecule has 32 heavy (non-hydrogen) atoms. The Balaban J connectivity index is 1.37. The van der Waals surface area contributed by atoms with Crippen molar-refractivity contribution in [3.8, 4) is 22.7 Å². The Morgan fingerprint density at radius 3 is 2.81 bits per heavy atom. The number of phenols is 1. The maximum atomic E-state index is 14.2. The molecule has 2 unspecified atom stereocenters. The lowest BCUT2D eigenvalue weighted by Crippen LogP contribution is -2.59. The van der Waals surface area contributed by atoms with Gasteiger partial charge in [0.1, 0.15) is 11.4 Å². The Hall–Kier alpha value is -3.18. The second-order valence-corrected chi connectivity index (χ2v) is 8.22. The van der Waals surface area contributed by atoms with E-state index in [4.69, 9.17) is 4.74 Å². The van der Waals surface area contributed by atoms with E-state index in [9.17, 15) is 13.9 Å². The number of nitrogens with one attached hydrogen (secondary N) is 1. The quantitative estimate of drug-likeness (QED) is 0.618. The van der Waals surface area contributed by atoms with Gasteiger partial charge < -0.3 is 24.6 Å². The zero-order valence-corrected chi connectivity index (χ0v) is 17.6. The van der Waals surface area contributed by atoms with E-state index in [0.29, 0.717) is 17.2 Å². The number of fused-ring (bicyclic) bond motifs is 2. The highest BCUT2D eigenvalue weighted by atomic mass is 19.3. The molecule has 1 aromatic carbocycles. The molecule has 0 saturated carbocycles. The van der Waals surface area contributed by atoms with Gasteiger partial charge in [0.2, 0.25) is 5.95 Å². The number of imidazole rings is 1. The number of hydrogen-bond donors (Lipinski definition) is 2. The SMILES string of the molecule is CO[C@H]1C2CC(F)(F)C(C[C@@H]1N(C)c1ncc(-c3ccc(-n4ccnc4)cc3O)nn1)N2. The molecule has 4 heterocycles. The number of nitrogens with zero attached hydrogens (tertiary/aromatic N) is 6. The predicted octanol–water partition coefficient (Wildman–Crippen LogP) is 2.02. The highest BCUT2D eigenvalue weighted by Crippen LogP contribution is 2.41. The van der Waals surface area contributed by atoms with Crippen LogP contribution in [0.5, 0.6) is 5.75 Å². The lowest BCUT2D eigenvalue weighted by Gasteiger charge is -2.41. The summed E-state index contributed by atoms with van der Waals surface area (Å²) < 4.78 is 35.8. The minimum Gasteiger partial charge on any atom is -0.507 e. The maximum absolute atomic E-state index is 14.2. The van der Waals surface area contributed by atoms with Crippen molar-refractivity contribution in [1.82, 2.24) is 30.0 Å². The van der Waals surface area contributed by atoms with E-state index in [-0.39, 0.29) is 24.6 Å². The van der Waals surface area contributed by atoms with E-state index >= 15 is 0 Å². The molecule has 2 aromatic heterocycles. The molecule has 2 bridgehead atoms. The molecule has 0 spiro atoms. The topological polar surface area (TPSA) is 101 Å². The van der Waals surface area contributed by atoms with Gasteiger partial charge in [0, 0.05) is 50.6 Å². The molecule has 11 heteroatoms. The van der Waals surface area contributed by atoms with Crippen molar-refractivity contribution in [2.24, 2.45) is 0 Å². The van der Waals surface area contributed by atoms with Crippen molar-refractivity contribution in [3.63, 3.8) is 0 Å². The number of halogens is 2. The van der Waals surface area contributed by atoms with Crippen molar-refractivity contribution in [3.05, 3.63) is 43.1 Å². The molecule has 3 aromatic rings. The maximum Gasteiger partial charge on any atom is 0.264 e. The van der Waals surface area contributed by atoms with Gasteiger partial charge in [-0.2, -0.15) is 0 Å². The Morgan fingerprint density at radius 1 is 1.31 bits per heavy atom. The fraction of sp³-hybridized carbons (Fsp3) is 0.429. The fourth-order valence-corrected chi connectivity index (χ4v) is 4.68. The summed E-state index contributed by atoms with van der Waals surface area (Å²) in [7, 11) is 3.29. The van der Waals surface area contributed by atoms with Crippen LogP contribution >= 0.6 is 0 Å². The Bertz CT molecular complexity index is 1090. The number of anilines is 1. The third-order valence-corrected chi connectivity index (χ3v) is 6.36. The third kappa shape index (κ3) is 3.47. The molecule has 9 nitrogen and oxygen atoms in total. The predicted molar refractivity (Wildman–Crippen MR) is 112 cm³/mol. The van der Waals surface area contributed by atoms with Crippen LogP contribution in [-0.4, -0.2) is 74.1 Å². The lowest BCUT2D eigenvalue weighted by atomic mass is 9.95. The normalized spacial score (nSPS) is 26.2. The van der Waals surface area contributed by atoms with Crippen LogP contribution in [0, 0.1) is 0 Å². The molecule has 0 amide bonds. The first-order valence-electron chi connectivity index (χ1n) is 10.3. The van der Waals surface area contributed by atoms with E-state index < -0.39 is 24.1 Å². The van der Waals surface area contributed by atoms with Crippen LogP contribution in [0.3, 0.4) is 0 Å². The summed E-state index contributed by atoms with van der Waals surface area (Å²) >= 11 is 0. The molecular formula is C21H23F2N7O2. The molecular weight excluding hydrogens is 420 g/mol. The molecule has 5 rings (SSSR count). The largest absolute Gasteiger partial charge is 0.507 e. The van der Waals surface area contributed by atoms with Gasteiger partial charge in [-0.15, -0.1) is 10.2 Å². The van der Waals surface area contributed by atoms with Crippen molar-refractivity contribution >= 4 is 5.95 Å². The summed E-state index contributed by atoms with van der Waals surface area (Å²) in [6, 6.07) is 3.51. The molecule has 168 valence electrons. The van der Waals surface area contributed by atoms with Crippen LogP contribution in [0.2, 0.25) is 0 Å². The molecule has 2 fully saturated rings. The average Bonchev–Trinajstić information content (AvgIpc) is 3.40. The molecule has 2 N–H and O–H groups in total. The van der Waals surface area contributed by atoms with Gasteiger partial charge in [-0.1, -0.05) is 0 Å². The molecule has 2 saturated heterocycles. The average molecular weight is 443 g/mol. The first-order valence-corrected chi connectivity index (χ1v) is 10.3. The standard InChI is InChI=1S/C21H23F2N7O2/c1-29(16-8-18-21(22,23)9-14(26-18)19(16)32-2)20-25-10-15(27-28-20)13-4-3-12(7-17(13)31)30-6-5-24-11-30/h3-7,10-11,14,16,18-19,26,31H,8-9H2,1-2H3/t14?,16-,18?,19-/m0/s1. The number of likely N-dealkylation sites (N-methyl/N-ethyl adjacent to an activating group) is 1. The van der Waals surface area contributed by atoms with E-state index in [0.717, 1.165) is 5.69 Å². The highest BCUT2D eigenvalue weighted by Gasteiger charge is 2.57. The summed E-state index contributed by atoms with van der Waals surface area (Å²) in [6.45, 7) is 0. The van der Waals surface area contributed by atoms with Crippen molar-refractivity contribution < 1.29 is 18.6 Å². The second-order valence-electron chi connectivity index (χ2n) is 8.22. The Morgan fingerprint density at radius 2 is 2.16 bits per heavy atom. The van der Waals surface area contributed by atoms with Gasteiger partial charge in [-0.25, -0.2) is 18.7 Å². The van der Waals surface area contributed by atoms with Crippen LogP contribution in [-0.2, 0) is 4.74 Å². The van der Waals surface area contributed by atoms with E-state index in [1.54, 1.807) is 47.4 Å². The number of aromatic hydroxyl groups is 1. The Kier molecular flexibility index (Phi) is 5.01. The summed E-state index contributed by atoms with van der Waals surface area (Å²) in [5.74, 6) is -2.43. The summed E-state index contributed by atoms with van der Waals surface area (Å²) in [6.07, 6.45) is 6.11. The monoisotopic (exact) mass is 443 g/mol. The van der Waals surface area contributed by atoms with Crippen molar-refractivity contribution in [2.75, 3.05) is 19.1 Å². The van der Waals surface area contributed by atoms with Crippen molar-refractivity contribution in [2.45, 2.75) is 43.0 Å².